The monoisotopic (exact) mass is 893 g/mol. The van der Waals surface area contributed by atoms with Gasteiger partial charge in [-0.1, -0.05) is 114 Å². The summed E-state index contributed by atoms with van der Waals surface area (Å²) >= 11 is 0. The Labute approximate surface area is 376 Å². The zero-order chi connectivity index (χ0) is 45.9. The van der Waals surface area contributed by atoms with E-state index in [1.54, 1.807) is 0 Å². The molecule has 0 spiro atoms. The van der Waals surface area contributed by atoms with Gasteiger partial charge in [-0.3, -0.25) is 18.6 Å². The summed E-state index contributed by atoms with van der Waals surface area (Å²) in [7, 11) is 1.40. The van der Waals surface area contributed by atoms with Crippen LogP contribution in [0.3, 0.4) is 0 Å². The molecule has 0 radical (unpaired) electrons. The number of phosphoric ester groups is 1. The van der Waals surface area contributed by atoms with E-state index in [0.29, 0.717) is 23.9 Å². The standard InChI is InChI=1S/C50H86NO10P/c1-8-10-29-35-47-43(3)44(4)48(61-47)36-31-26-22-19-20-24-28-33-38-50(54)60-46(42-59-62(55,56)58-40-39-51(5,6)7)41-57-49(53)37-32-27-23-18-16-14-12-11-13-15-17-21-25-30-34-45(52)9-2/h12-15,18,21,23,25,45-46,52H,8-11,16-17,19-20,22,24,26-42H2,1-7H3/p+1/b14-12-,15-13-,23-18-,25-21-/t45-,46+/m0/s1. The Morgan fingerprint density at radius 2 is 1.19 bits per heavy atom. The highest BCUT2D eigenvalue weighted by atomic mass is 31.2. The summed E-state index contributed by atoms with van der Waals surface area (Å²) in [5.74, 6) is 1.42. The van der Waals surface area contributed by atoms with E-state index in [2.05, 4.69) is 63.3 Å². The number of quaternary nitrogens is 1. The van der Waals surface area contributed by atoms with Gasteiger partial charge in [-0.2, -0.15) is 0 Å². The molecule has 0 saturated carbocycles. The average molecular weight is 893 g/mol. The number of nitrogens with zero attached hydrogens (tertiary/aromatic N) is 1. The number of esters is 2. The van der Waals surface area contributed by atoms with E-state index in [4.69, 9.17) is 22.9 Å². The summed E-state index contributed by atoms with van der Waals surface area (Å²) in [5.41, 5.74) is 2.64. The molecule has 0 bridgehead atoms. The van der Waals surface area contributed by atoms with Crippen LogP contribution in [0.2, 0.25) is 0 Å². The van der Waals surface area contributed by atoms with Crippen LogP contribution in [0.25, 0.3) is 0 Å². The van der Waals surface area contributed by atoms with E-state index in [9.17, 15) is 24.2 Å². The molecule has 356 valence electrons. The maximum Gasteiger partial charge on any atom is 0.472 e. The molecule has 0 saturated heterocycles. The van der Waals surface area contributed by atoms with Crippen molar-refractivity contribution in [2.75, 3.05) is 47.5 Å². The van der Waals surface area contributed by atoms with Gasteiger partial charge in [0.1, 0.15) is 31.3 Å². The topological polar surface area (TPSA) is 142 Å². The van der Waals surface area contributed by atoms with Gasteiger partial charge in [0.2, 0.25) is 0 Å². The van der Waals surface area contributed by atoms with E-state index in [1.807, 2.05) is 34.1 Å². The van der Waals surface area contributed by atoms with Crippen LogP contribution in [-0.2, 0) is 45.5 Å². The molecule has 1 heterocycles. The Morgan fingerprint density at radius 1 is 0.677 bits per heavy atom. The number of ether oxygens (including phenoxy) is 2. The molecule has 0 aliphatic heterocycles. The number of aliphatic hydroxyl groups excluding tert-OH is 1. The normalized spacial score (nSPS) is 14.4. The SMILES string of the molecule is CCCCCc1oc(CCCCCCCCCCC(=O)O[C@H](COC(=O)CCC/C=C\C/C=C\C/C=C\C/C=C\CC[C@@H](O)CC)COP(=O)(O)OCC[N+](C)(C)C)c(C)c1C. The van der Waals surface area contributed by atoms with Crippen LogP contribution >= 0.6 is 7.82 Å². The van der Waals surface area contributed by atoms with Crippen molar-refractivity contribution in [1.29, 1.82) is 0 Å². The number of allylic oxidation sites excluding steroid dienone is 8. The molecule has 11 nitrogen and oxygen atoms in total. The number of hydrogen-bond acceptors (Lipinski definition) is 9. The summed E-state index contributed by atoms with van der Waals surface area (Å²) in [6.45, 7) is 8.36. The fraction of sp³-hybridized carbons (Fsp3) is 0.720. The molecule has 0 aromatic carbocycles. The number of phosphoric acid groups is 1. The van der Waals surface area contributed by atoms with Crippen molar-refractivity contribution in [2.24, 2.45) is 0 Å². The van der Waals surface area contributed by atoms with Gasteiger partial charge in [0.25, 0.3) is 0 Å². The van der Waals surface area contributed by atoms with Gasteiger partial charge in [0.05, 0.1) is 33.9 Å². The van der Waals surface area contributed by atoms with Crippen molar-refractivity contribution >= 4 is 19.8 Å². The van der Waals surface area contributed by atoms with Crippen LogP contribution < -0.4 is 0 Å². The minimum Gasteiger partial charge on any atom is -0.466 e. The molecule has 0 amide bonds. The Balaban J connectivity index is 2.38. The average Bonchev–Trinajstić information content (AvgIpc) is 3.49. The van der Waals surface area contributed by atoms with E-state index >= 15 is 0 Å². The molecule has 3 atom stereocenters. The number of likely N-dealkylation sites (N-methyl/N-ethyl adjacent to an activating group) is 1. The van der Waals surface area contributed by atoms with Crippen molar-refractivity contribution in [1.82, 2.24) is 0 Å². The maximum absolute atomic E-state index is 12.8. The summed E-state index contributed by atoms with van der Waals surface area (Å²) < 4.78 is 40.6. The predicted octanol–water partition coefficient (Wildman–Crippen LogP) is 12.1. The first-order valence-corrected chi connectivity index (χ1v) is 25.3. The number of unbranched alkanes of at least 4 members (excludes halogenated alkanes) is 10. The van der Waals surface area contributed by atoms with Gasteiger partial charge in [0.15, 0.2) is 6.10 Å². The highest BCUT2D eigenvalue weighted by molar-refractivity contribution is 7.47. The molecule has 1 unspecified atom stereocenters. The Hall–Kier alpha value is -2.79. The third-order valence-electron chi connectivity index (χ3n) is 10.7. The zero-order valence-corrected chi connectivity index (χ0v) is 40.8. The van der Waals surface area contributed by atoms with Gasteiger partial charge >= 0.3 is 19.8 Å². The first-order chi connectivity index (χ1) is 29.7. The summed E-state index contributed by atoms with van der Waals surface area (Å²) in [5, 5.41) is 9.58. The maximum atomic E-state index is 12.8. The van der Waals surface area contributed by atoms with E-state index in [0.717, 1.165) is 95.7 Å². The molecule has 1 aromatic heterocycles. The zero-order valence-electron chi connectivity index (χ0n) is 39.9. The lowest BCUT2D eigenvalue weighted by Gasteiger charge is -2.24. The molecule has 1 aromatic rings. The number of furan rings is 1. The van der Waals surface area contributed by atoms with Crippen LogP contribution in [0.5, 0.6) is 0 Å². The highest BCUT2D eigenvalue weighted by Crippen LogP contribution is 2.43. The molecule has 0 aliphatic rings. The van der Waals surface area contributed by atoms with Crippen LogP contribution in [0.1, 0.15) is 171 Å². The Kier molecular flexibility index (Phi) is 32.8. The first kappa shape index (κ1) is 57.2. The Morgan fingerprint density at radius 3 is 1.76 bits per heavy atom. The smallest absolute Gasteiger partial charge is 0.466 e. The van der Waals surface area contributed by atoms with Crippen LogP contribution in [0.15, 0.2) is 53.0 Å². The van der Waals surface area contributed by atoms with Gasteiger partial charge in [0, 0.05) is 25.7 Å². The largest absolute Gasteiger partial charge is 0.472 e. The van der Waals surface area contributed by atoms with Gasteiger partial charge in [-0.25, -0.2) is 4.57 Å². The molecule has 0 fully saturated rings. The lowest BCUT2D eigenvalue weighted by atomic mass is 10.0. The molecule has 1 rings (SSSR count). The molecule has 12 heteroatoms. The van der Waals surface area contributed by atoms with E-state index < -0.39 is 32.5 Å². The number of rotatable bonds is 39. The number of carbonyl (C=O) groups is 2. The van der Waals surface area contributed by atoms with Crippen LogP contribution in [0.4, 0.5) is 0 Å². The van der Waals surface area contributed by atoms with Crippen molar-refractivity contribution in [3.63, 3.8) is 0 Å². The van der Waals surface area contributed by atoms with Gasteiger partial charge < -0.3 is 28.4 Å². The fourth-order valence-corrected chi connectivity index (χ4v) is 7.26. The van der Waals surface area contributed by atoms with E-state index in [1.165, 1.54) is 49.0 Å². The summed E-state index contributed by atoms with van der Waals surface area (Å²) in [4.78, 5) is 35.5. The van der Waals surface area contributed by atoms with Crippen molar-refractivity contribution < 1.29 is 51.6 Å². The van der Waals surface area contributed by atoms with Crippen LogP contribution in [-0.4, -0.2) is 86.1 Å². The van der Waals surface area contributed by atoms with E-state index in [-0.39, 0.29) is 32.2 Å². The summed E-state index contributed by atoms with van der Waals surface area (Å²) in [6, 6.07) is 0. The van der Waals surface area contributed by atoms with Crippen LogP contribution in [0, 0.1) is 13.8 Å². The van der Waals surface area contributed by atoms with Gasteiger partial charge in [-0.15, -0.1) is 0 Å². The number of aryl methyl sites for hydroxylation is 2. The lowest BCUT2D eigenvalue weighted by Crippen LogP contribution is -2.37. The molecule has 2 N–H and O–H groups in total. The number of hydrogen-bond donors (Lipinski definition) is 2. The first-order valence-electron chi connectivity index (χ1n) is 23.8. The Bertz CT molecular complexity index is 1490. The second-order valence-electron chi connectivity index (χ2n) is 17.5. The third-order valence-corrected chi connectivity index (χ3v) is 11.7. The summed E-state index contributed by atoms with van der Waals surface area (Å²) in [6.07, 6.45) is 36.5. The third kappa shape index (κ3) is 32.0. The fourth-order valence-electron chi connectivity index (χ4n) is 6.52. The minimum absolute atomic E-state index is 0.00850. The molecular formula is C50H87NO10P+. The number of aliphatic hydroxyl groups is 1. The molecular weight excluding hydrogens is 806 g/mol. The number of carbonyl (C=O) groups excluding carboxylic acids is 2. The van der Waals surface area contributed by atoms with Crippen molar-refractivity contribution in [3.8, 4) is 0 Å². The second-order valence-corrected chi connectivity index (χ2v) is 19.0. The predicted molar refractivity (Wildman–Crippen MR) is 252 cm³/mol. The van der Waals surface area contributed by atoms with Crippen molar-refractivity contribution in [2.45, 2.75) is 188 Å². The quantitative estimate of drug-likeness (QED) is 0.0216. The molecule has 0 aliphatic carbocycles. The van der Waals surface area contributed by atoms with Crippen molar-refractivity contribution in [3.05, 3.63) is 71.3 Å². The minimum atomic E-state index is -4.41. The van der Waals surface area contributed by atoms with Gasteiger partial charge in [-0.05, 0) is 95.6 Å². The lowest BCUT2D eigenvalue weighted by molar-refractivity contribution is -0.870. The second kappa shape index (κ2) is 35.5. The highest BCUT2D eigenvalue weighted by Gasteiger charge is 2.27. The molecule has 62 heavy (non-hydrogen) atoms.